The first-order chi connectivity index (χ1) is 16.2. The lowest BCUT2D eigenvalue weighted by Crippen LogP contribution is -2.27. The number of hydrogen-bond donors (Lipinski definition) is 1. The molecule has 0 bridgehead atoms. The molecule has 4 aromatic rings. The van der Waals surface area contributed by atoms with Crippen LogP contribution in [0.5, 0.6) is 0 Å². The van der Waals surface area contributed by atoms with Crippen molar-refractivity contribution < 1.29 is 14.0 Å². The molecule has 1 aliphatic rings. The van der Waals surface area contributed by atoms with E-state index in [4.69, 9.17) is 4.42 Å². The number of H-pyrrole nitrogens is 1. The van der Waals surface area contributed by atoms with Crippen LogP contribution in [0, 0.1) is 0 Å². The van der Waals surface area contributed by atoms with Gasteiger partial charge in [0.1, 0.15) is 11.5 Å². The van der Waals surface area contributed by atoms with Gasteiger partial charge in [0.05, 0.1) is 18.6 Å². The maximum Gasteiger partial charge on any atom is 0.270 e. The number of Topliss-reactive ketones (excluding diaryl/α,β-unsaturated/α-hetero) is 1. The van der Waals surface area contributed by atoms with Gasteiger partial charge in [-0.3, -0.25) is 14.2 Å². The van der Waals surface area contributed by atoms with Crippen LogP contribution in [-0.2, 0) is 6.54 Å². The smallest absolute Gasteiger partial charge is 0.270 e. The normalized spacial score (nSPS) is 13.5. The lowest BCUT2D eigenvalue weighted by molar-refractivity contribution is 0.0787. The summed E-state index contributed by atoms with van der Waals surface area (Å²) in [5.74, 6) is 1.54. The molecule has 3 aromatic heterocycles. The largest absolute Gasteiger partial charge is 0.467 e. The first-order valence-electron chi connectivity index (χ1n) is 10.8. The minimum absolute atomic E-state index is 0.0510. The summed E-state index contributed by atoms with van der Waals surface area (Å²) in [6.07, 6.45) is 5.29. The molecule has 4 heterocycles. The number of likely N-dealkylation sites (tertiary alicyclic amines) is 1. The summed E-state index contributed by atoms with van der Waals surface area (Å²) in [6.45, 7) is 2.00. The Morgan fingerprint density at radius 1 is 1.06 bits per heavy atom. The van der Waals surface area contributed by atoms with Crippen LogP contribution >= 0.6 is 11.8 Å². The van der Waals surface area contributed by atoms with Gasteiger partial charge in [-0.1, -0.05) is 42.1 Å². The van der Waals surface area contributed by atoms with E-state index in [0.717, 1.165) is 37.3 Å². The number of rotatable bonds is 8. The molecule has 0 aliphatic carbocycles. The molecule has 168 valence electrons. The number of hydrogen-bond acceptors (Lipinski definition) is 6. The van der Waals surface area contributed by atoms with E-state index in [2.05, 4.69) is 15.2 Å². The molecule has 1 aliphatic heterocycles. The summed E-state index contributed by atoms with van der Waals surface area (Å²) in [7, 11) is 0. The first kappa shape index (κ1) is 21.3. The molecule has 1 fully saturated rings. The minimum Gasteiger partial charge on any atom is -0.467 e. The molecule has 1 amide bonds. The third-order valence-corrected chi connectivity index (χ3v) is 6.57. The highest BCUT2D eigenvalue weighted by Gasteiger charge is 2.22. The van der Waals surface area contributed by atoms with E-state index in [1.165, 1.54) is 11.8 Å². The average Bonchev–Trinajstić information content (AvgIpc) is 3.66. The fourth-order valence-corrected chi connectivity index (χ4v) is 4.71. The number of carbonyl (C=O) groups is 2. The number of aromatic nitrogens is 4. The number of furan rings is 1. The molecule has 5 rings (SSSR count). The van der Waals surface area contributed by atoms with E-state index in [1.807, 2.05) is 51.9 Å². The van der Waals surface area contributed by atoms with Crippen molar-refractivity contribution in [1.29, 1.82) is 0 Å². The van der Waals surface area contributed by atoms with E-state index in [1.54, 1.807) is 18.5 Å². The topological polar surface area (TPSA) is 97.0 Å². The van der Waals surface area contributed by atoms with Gasteiger partial charge in [-0.2, -0.15) is 0 Å². The van der Waals surface area contributed by atoms with Crippen molar-refractivity contribution in [3.8, 4) is 11.4 Å². The molecule has 0 saturated carbocycles. The van der Waals surface area contributed by atoms with Crippen molar-refractivity contribution >= 4 is 23.5 Å². The Bertz CT molecular complexity index is 1240. The van der Waals surface area contributed by atoms with Gasteiger partial charge in [0, 0.05) is 30.4 Å². The van der Waals surface area contributed by atoms with Gasteiger partial charge < -0.3 is 14.3 Å². The van der Waals surface area contributed by atoms with E-state index in [9.17, 15) is 9.59 Å². The monoisotopic (exact) mass is 461 g/mol. The van der Waals surface area contributed by atoms with Crippen molar-refractivity contribution in [2.45, 2.75) is 24.5 Å². The highest BCUT2D eigenvalue weighted by atomic mass is 32.2. The molecule has 0 radical (unpaired) electrons. The molecule has 1 aromatic carbocycles. The van der Waals surface area contributed by atoms with Gasteiger partial charge in [-0.25, -0.2) is 0 Å². The van der Waals surface area contributed by atoms with Crippen LogP contribution in [0.1, 0.15) is 39.4 Å². The third kappa shape index (κ3) is 4.63. The predicted molar refractivity (Wildman–Crippen MR) is 124 cm³/mol. The van der Waals surface area contributed by atoms with Crippen LogP contribution in [-0.4, -0.2) is 55.2 Å². The second-order valence-corrected chi connectivity index (χ2v) is 8.79. The first-order valence-corrected chi connectivity index (χ1v) is 11.8. The number of nitrogens with one attached hydrogen (secondary N) is 1. The average molecular weight is 462 g/mol. The van der Waals surface area contributed by atoms with Crippen LogP contribution in [0.15, 0.2) is 70.6 Å². The molecule has 0 atom stereocenters. The summed E-state index contributed by atoms with van der Waals surface area (Å²) in [4.78, 5) is 30.2. The zero-order chi connectivity index (χ0) is 22.6. The van der Waals surface area contributed by atoms with Crippen molar-refractivity contribution in [2.24, 2.45) is 0 Å². The summed E-state index contributed by atoms with van der Waals surface area (Å²) < 4.78 is 7.47. The van der Waals surface area contributed by atoms with Gasteiger partial charge in [0.15, 0.2) is 16.8 Å². The number of thioether (sulfide) groups is 1. The van der Waals surface area contributed by atoms with E-state index >= 15 is 0 Å². The molecule has 0 spiro atoms. The van der Waals surface area contributed by atoms with Crippen LogP contribution in [0.25, 0.3) is 11.4 Å². The molecule has 0 unspecified atom stereocenters. The second-order valence-electron chi connectivity index (χ2n) is 7.85. The van der Waals surface area contributed by atoms with E-state index in [0.29, 0.717) is 28.8 Å². The fourth-order valence-electron chi connectivity index (χ4n) is 3.88. The standard InChI is InChI=1S/C24H23N5O3S/c30-21(18-13-20(25-14-18)23(31)28-10-4-5-11-28)16-33-24-27-26-22(17-7-2-1-3-8-17)29(24)15-19-9-6-12-32-19/h1-3,6-9,12-14,25H,4-5,10-11,15-16H2. The molecule has 1 saturated heterocycles. The van der Waals surface area contributed by atoms with Gasteiger partial charge >= 0.3 is 0 Å². The molecular weight excluding hydrogens is 438 g/mol. The second kappa shape index (κ2) is 9.50. The summed E-state index contributed by atoms with van der Waals surface area (Å²) >= 11 is 1.32. The van der Waals surface area contributed by atoms with Gasteiger partial charge in [0.2, 0.25) is 0 Å². The molecule has 1 N–H and O–H groups in total. The third-order valence-electron chi connectivity index (χ3n) is 5.60. The highest BCUT2D eigenvalue weighted by Crippen LogP contribution is 2.26. The number of benzene rings is 1. The maximum atomic E-state index is 12.8. The Kier molecular flexibility index (Phi) is 6.12. The quantitative estimate of drug-likeness (QED) is 0.313. The predicted octanol–water partition coefficient (Wildman–Crippen LogP) is 4.13. The zero-order valence-electron chi connectivity index (χ0n) is 17.9. The Morgan fingerprint density at radius 3 is 2.64 bits per heavy atom. The van der Waals surface area contributed by atoms with Crippen LogP contribution in [0.4, 0.5) is 0 Å². The molecule has 33 heavy (non-hydrogen) atoms. The van der Waals surface area contributed by atoms with Gasteiger partial charge in [-0.15, -0.1) is 10.2 Å². The summed E-state index contributed by atoms with van der Waals surface area (Å²) in [5, 5.41) is 9.34. The van der Waals surface area contributed by atoms with Crippen molar-refractivity contribution in [3.05, 3.63) is 78.0 Å². The minimum atomic E-state index is -0.0782. The maximum absolute atomic E-state index is 12.8. The summed E-state index contributed by atoms with van der Waals surface area (Å²) in [5.41, 5.74) is 1.88. The van der Waals surface area contributed by atoms with Crippen LogP contribution in [0.3, 0.4) is 0 Å². The zero-order valence-corrected chi connectivity index (χ0v) is 18.8. The molecule has 8 nitrogen and oxygen atoms in total. The molecular formula is C24H23N5O3S. The number of ketones is 1. The Balaban J connectivity index is 1.31. The van der Waals surface area contributed by atoms with Crippen LogP contribution < -0.4 is 0 Å². The van der Waals surface area contributed by atoms with Gasteiger partial charge in [-0.05, 0) is 31.0 Å². The number of nitrogens with zero attached hydrogens (tertiary/aromatic N) is 4. The van der Waals surface area contributed by atoms with Gasteiger partial charge in [0.25, 0.3) is 5.91 Å². The number of aromatic amines is 1. The Labute approximate surface area is 195 Å². The van der Waals surface area contributed by atoms with Crippen molar-refractivity contribution in [2.75, 3.05) is 18.8 Å². The van der Waals surface area contributed by atoms with Crippen molar-refractivity contribution in [1.82, 2.24) is 24.6 Å². The van der Waals surface area contributed by atoms with Crippen molar-refractivity contribution in [3.63, 3.8) is 0 Å². The Morgan fingerprint density at radius 2 is 1.88 bits per heavy atom. The Hall–Kier alpha value is -3.59. The van der Waals surface area contributed by atoms with Crippen LogP contribution in [0.2, 0.25) is 0 Å². The number of carbonyl (C=O) groups excluding carboxylic acids is 2. The molecule has 9 heteroatoms. The lowest BCUT2D eigenvalue weighted by atomic mass is 10.2. The SMILES string of the molecule is O=C(CSc1nnc(-c2ccccc2)n1Cc1ccco1)c1c[nH]c(C(=O)N2CCCC2)c1. The fraction of sp³-hybridized carbons (Fsp3) is 0.250. The van der Waals surface area contributed by atoms with E-state index < -0.39 is 0 Å². The number of amides is 1. The van der Waals surface area contributed by atoms with E-state index in [-0.39, 0.29) is 17.4 Å². The highest BCUT2D eigenvalue weighted by molar-refractivity contribution is 7.99. The summed E-state index contributed by atoms with van der Waals surface area (Å²) in [6, 6.07) is 15.2. The lowest BCUT2D eigenvalue weighted by Gasteiger charge is -2.13.